The maximum Gasteiger partial charge on any atom is 0.350 e. The smallest absolute Gasteiger partial charge is 0.350 e. The van der Waals surface area contributed by atoms with Crippen molar-refractivity contribution < 1.29 is 13.9 Å². The Hall–Kier alpha value is -1.70. The van der Waals surface area contributed by atoms with Crippen LogP contribution in [0.4, 0.5) is 4.39 Å². The number of rotatable bonds is 8. The predicted octanol–water partition coefficient (Wildman–Crippen LogP) is 2.60. The molecular formula is C15H25FN4O2S. The number of hydrogen-bond donors (Lipinski definition) is 2. The van der Waals surface area contributed by atoms with Gasteiger partial charge in [-0.3, -0.25) is 9.38 Å². The number of ether oxygens (including phenoxy) is 1. The molecule has 0 spiro atoms. The molecule has 0 aliphatic rings. The van der Waals surface area contributed by atoms with Crippen molar-refractivity contribution in [3.05, 3.63) is 15.6 Å². The second kappa shape index (κ2) is 10.1. The summed E-state index contributed by atoms with van der Waals surface area (Å²) < 4.78 is 17.2. The minimum atomic E-state index is -0.382. The molecule has 23 heavy (non-hydrogen) atoms. The van der Waals surface area contributed by atoms with Gasteiger partial charge < -0.3 is 15.4 Å². The number of alkyl halides is 1. The maximum atomic E-state index is 12.2. The molecule has 8 heteroatoms. The number of guanidine groups is 1. The first-order valence-electron chi connectivity index (χ1n) is 7.78. The van der Waals surface area contributed by atoms with Crippen LogP contribution in [-0.2, 0) is 4.74 Å². The van der Waals surface area contributed by atoms with Crippen LogP contribution in [0.5, 0.6) is 0 Å². The van der Waals surface area contributed by atoms with Crippen LogP contribution in [0.25, 0.3) is 0 Å². The molecule has 1 unspecified atom stereocenters. The van der Waals surface area contributed by atoms with E-state index >= 15 is 0 Å². The SMILES string of the molecule is CCNC(=NCCCF)NC(C)c1nc(C)c(C(=O)OCC)s1. The fourth-order valence-electron chi connectivity index (χ4n) is 1.83. The van der Waals surface area contributed by atoms with Gasteiger partial charge in [-0.1, -0.05) is 0 Å². The zero-order valence-electron chi connectivity index (χ0n) is 14.1. The Labute approximate surface area is 140 Å². The van der Waals surface area contributed by atoms with E-state index in [9.17, 15) is 9.18 Å². The van der Waals surface area contributed by atoms with E-state index in [-0.39, 0.29) is 18.7 Å². The Morgan fingerprint density at radius 2 is 2.22 bits per heavy atom. The third-order valence-corrected chi connectivity index (χ3v) is 4.22. The van der Waals surface area contributed by atoms with Gasteiger partial charge in [0.2, 0.25) is 0 Å². The van der Waals surface area contributed by atoms with Gasteiger partial charge in [-0.05, 0) is 34.1 Å². The Balaban J connectivity index is 2.79. The van der Waals surface area contributed by atoms with Gasteiger partial charge in [0, 0.05) is 13.1 Å². The molecule has 1 rings (SSSR count). The highest BCUT2D eigenvalue weighted by Crippen LogP contribution is 2.24. The molecule has 0 aliphatic heterocycles. The zero-order valence-corrected chi connectivity index (χ0v) is 14.9. The van der Waals surface area contributed by atoms with Gasteiger partial charge in [-0.15, -0.1) is 11.3 Å². The highest BCUT2D eigenvalue weighted by atomic mass is 32.1. The number of thiazole rings is 1. The summed E-state index contributed by atoms with van der Waals surface area (Å²) in [7, 11) is 0. The topological polar surface area (TPSA) is 75.6 Å². The molecular weight excluding hydrogens is 319 g/mol. The van der Waals surface area contributed by atoms with Crippen molar-refractivity contribution in [2.75, 3.05) is 26.4 Å². The second-order valence-corrected chi connectivity index (χ2v) is 5.89. The van der Waals surface area contributed by atoms with Crippen molar-refractivity contribution >= 4 is 23.3 Å². The average molecular weight is 344 g/mol. The van der Waals surface area contributed by atoms with E-state index in [1.54, 1.807) is 13.8 Å². The molecule has 1 heterocycles. The fourth-order valence-corrected chi connectivity index (χ4v) is 2.79. The van der Waals surface area contributed by atoms with Crippen LogP contribution >= 0.6 is 11.3 Å². The lowest BCUT2D eigenvalue weighted by Crippen LogP contribution is -2.38. The third-order valence-electron chi connectivity index (χ3n) is 2.90. The van der Waals surface area contributed by atoms with E-state index in [1.165, 1.54) is 11.3 Å². The first-order valence-corrected chi connectivity index (χ1v) is 8.60. The summed E-state index contributed by atoms with van der Waals surface area (Å²) in [6.07, 6.45) is 0.397. The molecule has 0 bridgehead atoms. The standard InChI is InChI=1S/C15H25FN4O2S/c1-5-17-15(18-9-7-8-16)20-11(4)13-19-10(3)12(23-13)14(21)22-6-2/h11H,5-9H2,1-4H3,(H2,17,18,20). The van der Waals surface area contributed by atoms with E-state index in [4.69, 9.17) is 4.74 Å². The normalized spacial score (nSPS) is 12.8. The number of nitrogens with zero attached hydrogens (tertiary/aromatic N) is 2. The Bertz CT molecular complexity index is 534. The molecule has 0 aliphatic carbocycles. The van der Waals surface area contributed by atoms with Crippen LogP contribution in [0.3, 0.4) is 0 Å². The number of halogens is 1. The number of carbonyl (C=O) groups is 1. The number of aryl methyl sites for hydroxylation is 1. The summed E-state index contributed by atoms with van der Waals surface area (Å²) in [5.74, 6) is 0.267. The van der Waals surface area contributed by atoms with E-state index in [1.807, 2.05) is 13.8 Å². The first kappa shape index (κ1) is 19.3. The van der Waals surface area contributed by atoms with Gasteiger partial charge in [0.1, 0.15) is 9.88 Å². The van der Waals surface area contributed by atoms with E-state index < -0.39 is 0 Å². The van der Waals surface area contributed by atoms with Gasteiger partial charge in [0.25, 0.3) is 0 Å². The number of esters is 1. The van der Waals surface area contributed by atoms with Crippen LogP contribution in [0.2, 0.25) is 0 Å². The number of carbonyl (C=O) groups excluding carboxylic acids is 1. The summed E-state index contributed by atoms with van der Waals surface area (Å²) in [5, 5.41) is 7.10. The largest absolute Gasteiger partial charge is 0.462 e. The predicted molar refractivity (Wildman–Crippen MR) is 90.9 cm³/mol. The van der Waals surface area contributed by atoms with Gasteiger partial charge in [-0.2, -0.15) is 0 Å². The molecule has 0 amide bonds. The van der Waals surface area contributed by atoms with Crippen LogP contribution in [0, 0.1) is 6.92 Å². The lowest BCUT2D eigenvalue weighted by Gasteiger charge is -2.15. The summed E-state index contributed by atoms with van der Waals surface area (Å²) in [5.41, 5.74) is 0.663. The van der Waals surface area contributed by atoms with Gasteiger partial charge in [0.15, 0.2) is 5.96 Å². The number of nitrogens with one attached hydrogen (secondary N) is 2. The molecule has 0 saturated carbocycles. The van der Waals surface area contributed by atoms with Crippen molar-refractivity contribution in [1.29, 1.82) is 0 Å². The van der Waals surface area contributed by atoms with E-state index in [0.29, 0.717) is 42.6 Å². The summed E-state index contributed by atoms with van der Waals surface area (Å²) in [6, 6.07) is -0.120. The van der Waals surface area contributed by atoms with Gasteiger partial charge >= 0.3 is 5.97 Å². The molecule has 0 aromatic carbocycles. The molecule has 0 saturated heterocycles. The molecule has 0 fully saturated rings. The monoisotopic (exact) mass is 344 g/mol. The highest BCUT2D eigenvalue weighted by molar-refractivity contribution is 7.13. The van der Waals surface area contributed by atoms with Crippen molar-refractivity contribution in [1.82, 2.24) is 15.6 Å². The zero-order chi connectivity index (χ0) is 17.2. The number of aliphatic imine (C=N–C) groups is 1. The minimum Gasteiger partial charge on any atom is -0.462 e. The number of aromatic nitrogens is 1. The number of hydrogen-bond acceptors (Lipinski definition) is 5. The third kappa shape index (κ3) is 6.13. The minimum absolute atomic E-state index is 0.120. The van der Waals surface area contributed by atoms with Crippen LogP contribution in [-0.4, -0.2) is 43.3 Å². The maximum absolute atomic E-state index is 12.2. The molecule has 130 valence electrons. The lowest BCUT2D eigenvalue weighted by molar-refractivity contribution is 0.0531. The summed E-state index contributed by atoms with van der Waals surface area (Å²) >= 11 is 1.31. The molecule has 1 aromatic heterocycles. The Morgan fingerprint density at radius 3 is 2.83 bits per heavy atom. The molecule has 6 nitrogen and oxygen atoms in total. The summed E-state index contributed by atoms with van der Waals surface area (Å²) in [6.45, 7) is 8.55. The quantitative estimate of drug-likeness (QED) is 0.328. The Morgan fingerprint density at radius 1 is 1.48 bits per heavy atom. The Kier molecular flexibility index (Phi) is 8.53. The highest BCUT2D eigenvalue weighted by Gasteiger charge is 2.20. The molecule has 2 N–H and O–H groups in total. The summed E-state index contributed by atoms with van der Waals surface area (Å²) in [4.78, 5) is 21.1. The second-order valence-electron chi connectivity index (χ2n) is 4.86. The van der Waals surface area contributed by atoms with Crippen LogP contribution < -0.4 is 10.6 Å². The first-order chi connectivity index (χ1) is 11.0. The van der Waals surface area contributed by atoms with E-state index in [2.05, 4.69) is 20.6 Å². The lowest BCUT2D eigenvalue weighted by atomic mass is 10.3. The van der Waals surface area contributed by atoms with Crippen molar-refractivity contribution in [3.8, 4) is 0 Å². The van der Waals surface area contributed by atoms with E-state index in [0.717, 1.165) is 5.01 Å². The van der Waals surface area contributed by atoms with Crippen molar-refractivity contribution in [3.63, 3.8) is 0 Å². The van der Waals surface area contributed by atoms with Crippen LogP contribution in [0.15, 0.2) is 4.99 Å². The van der Waals surface area contributed by atoms with Crippen LogP contribution in [0.1, 0.15) is 53.6 Å². The average Bonchev–Trinajstić information content (AvgIpc) is 2.90. The van der Waals surface area contributed by atoms with Crippen molar-refractivity contribution in [2.24, 2.45) is 4.99 Å². The molecule has 1 atom stereocenters. The van der Waals surface area contributed by atoms with Crippen molar-refractivity contribution in [2.45, 2.75) is 40.2 Å². The van der Waals surface area contributed by atoms with Gasteiger partial charge in [0.05, 0.1) is 25.0 Å². The fraction of sp³-hybridized carbons (Fsp3) is 0.667. The molecule has 0 radical (unpaired) electrons. The molecule has 1 aromatic rings. The van der Waals surface area contributed by atoms with Gasteiger partial charge in [-0.25, -0.2) is 9.78 Å².